The first-order valence-corrected chi connectivity index (χ1v) is 6.59. The van der Waals surface area contributed by atoms with E-state index in [1.807, 2.05) is 25.2 Å². The third kappa shape index (κ3) is 1.88. The molecule has 100 valence electrons. The van der Waals surface area contributed by atoms with Gasteiger partial charge in [-0.3, -0.25) is 4.68 Å². The van der Waals surface area contributed by atoms with E-state index in [9.17, 15) is 5.11 Å². The van der Waals surface area contributed by atoms with E-state index in [1.54, 1.807) is 10.9 Å². The second kappa shape index (κ2) is 4.47. The van der Waals surface area contributed by atoms with Crippen molar-refractivity contribution in [3.8, 4) is 0 Å². The molecule has 3 N–H and O–H groups in total. The number of aromatic nitrogens is 2. The summed E-state index contributed by atoms with van der Waals surface area (Å²) in [6.45, 7) is 0.466. The van der Waals surface area contributed by atoms with Crippen molar-refractivity contribution in [2.45, 2.75) is 18.9 Å². The van der Waals surface area contributed by atoms with E-state index >= 15 is 0 Å². The van der Waals surface area contributed by atoms with Crippen molar-refractivity contribution >= 4 is 0 Å². The predicted octanol–water partition coefficient (Wildman–Crippen LogP) is 1.20. The highest BCUT2D eigenvalue weighted by Gasteiger charge is 2.43. The summed E-state index contributed by atoms with van der Waals surface area (Å²) in [6, 6.07) is 10.2. The van der Waals surface area contributed by atoms with E-state index in [-0.39, 0.29) is 5.41 Å². The molecule has 0 aliphatic heterocycles. The summed E-state index contributed by atoms with van der Waals surface area (Å²) in [5.74, 6) is 0. The molecule has 1 aliphatic carbocycles. The number of fused-ring (bicyclic) bond motifs is 1. The minimum absolute atomic E-state index is 0.308. The third-order valence-electron chi connectivity index (χ3n) is 4.33. The molecule has 2 aromatic rings. The van der Waals surface area contributed by atoms with Crippen LogP contribution in [-0.2, 0) is 19.9 Å². The van der Waals surface area contributed by atoms with Gasteiger partial charge in [-0.2, -0.15) is 5.10 Å². The van der Waals surface area contributed by atoms with Crippen molar-refractivity contribution in [1.82, 2.24) is 9.78 Å². The van der Waals surface area contributed by atoms with Gasteiger partial charge >= 0.3 is 0 Å². The molecule has 1 heterocycles. The summed E-state index contributed by atoms with van der Waals surface area (Å²) in [6.07, 6.45) is 2.78. The first-order valence-electron chi connectivity index (χ1n) is 6.59. The van der Waals surface area contributed by atoms with Crippen molar-refractivity contribution in [1.29, 1.82) is 0 Å². The van der Waals surface area contributed by atoms with Gasteiger partial charge in [0.2, 0.25) is 0 Å². The van der Waals surface area contributed by atoms with Crippen LogP contribution < -0.4 is 5.73 Å². The molecule has 0 bridgehead atoms. The molecule has 1 atom stereocenters. The molecule has 19 heavy (non-hydrogen) atoms. The molecule has 3 rings (SSSR count). The number of aryl methyl sites for hydroxylation is 1. The monoisotopic (exact) mass is 257 g/mol. The van der Waals surface area contributed by atoms with Gasteiger partial charge in [-0.05, 0) is 30.0 Å². The number of nitrogens with zero attached hydrogens (tertiary/aromatic N) is 2. The topological polar surface area (TPSA) is 64.1 Å². The van der Waals surface area contributed by atoms with E-state index < -0.39 is 6.10 Å². The van der Waals surface area contributed by atoms with Gasteiger partial charge in [0.05, 0.1) is 5.69 Å². The fraction of sp³-hybridized carbons (Fsp3) is 0.400. The Morgan fingerprint density at radius 2 is 1.95 bits per heavy atom. The summed E-state index contributed by atoms with van der Waals surface area (Å²) < 4.78 is 1.73. The van der Waals surface area contributed by atoms with Crippen LogP contribution in [-0.4, -0.2) is 21.4 Å². The molecule has 0 saturated heterocycles. The largest absolute Gasteiger partial charge is 0.386 e. The molecule has 0 saturated carbocycles. The van der Waals surface area contributed by atoms with Gasteiger partial charge in [0.1, 0.15) is 6.10 Å². The van der Waals surface area contributed by atoms with Crippen molar-refractivity contribution in [2.75, 3.05) is 6.54 Å². The quantitative estimate of drug-likeness (QED) is 0.868. The molecule has 1 unspecified atom stereocenters. The van der Waals surface area contributed by atoms with Gasteiger partial charge in [0.25, 0.3) is 0 Å². The molecule has 4 heteroatoms. The lowest BCUT2D eigenvalue weighted by molar-refractivity contribution is 0.0295. The predicted molar refractivity (Wildman–Crippen MR) is 73.5 cm³/mol. The van der Waals surface area contributed by atoms with Gasteiger partial charge in [0, 0.05) is 25.2 Å². The van der Waals surface area contributed by atoms with Crippen molar-refractivity contribution in [3.63, 3.8) is 0 Å². The Morgan fingerprint density at radius 1 is 1.32 bits per heavy atom. The van der Waals surface area contributed by atoms with Crippen LogP contribution in [0.5, 0.6) is 0 Å². The third-order valence-corrected chi connectivity index (χ3v) is 4.33. The molecular weight excluding hydrogens is 238 g/mol. The molecule has 1 aromatic carbocycles. The summed E-state index contributed by atoms with van der Waals surface area (Å²) in [4.78, 5) is 0. The molecule has 1 aliphatic rings. The molecule has 0 spiro atoms. The Labute approximate surface area is 112 Å². The maximum absolute atomic E-state index is 10.8. The van der Waals surface area contributed by atoms with Gasteiger partial charge < -0.3 is 10.8 Å². The highest BCUT2D eigenvalue weighted by molar-refractivity contribution is 5.36. The normalized spacial score (nSPS) is 18.3. The van der Waals surface area contributed by atoms with E-state index in [0.717, 1.165) is 18.5 Å². The average molecular weight is 257 g/mol. The van der Waals surface area contributed by atoms with E-state index in [4.69, 9.17) is 5.73 Å². The Hall–Kier alpha value is -1.65. The van der Waals surface area contributed by atoms with Crippen molar-refractivity contribution in [2.24, 2.45) is 18.2 Å². The number of hydrogen-bond donors (Lipinski definition) is 2. The lowest BCUT2D eigenvalue weighted by Crippen LogP contribution is -2.38. The van der Waals surface area contributed by atoms with Crippen LogP contribution >= 0.6 is 0 Å². The molecule has 4 nitrogen and oxygen atoms in total. The lowest BCUT2D eigenvalue weighted by atomic mass is 9.77. The number of rotatable bonds is 3. The van der Waals surface area contributed by atoms with Crippen LogP contribution in [0.4, 0.5) is 0 Å². The summed E-state index contributed by atoms with van der Waals surface area (Å²) in [5.41, 5.74) is 9.14. The average Bonchev–Trinajstić information content (AvgIpc) is 3.01. The Bertz CT molecular complexity index is 566. The summed E-state index contributed by atoms with van der Waals surface area (Å²) in [5, 5.41) is 14.9. The number of aliphatic hydroxyl groups is 1. The Kier molecular flexibility index (Phi) is 2.92. The molecular formula is C15H19N3O. The van der Waals surface area contributed by atoms with Crippen LogP contribution in [0.1, 0.15) is 22.9 Å². The second-order valence-electron chi connectivity index (χ2n) is 5.47. The number of nitrogens with two attached hydrogens (primary N) is 1. The first-order chi connectivity index (χ1) is 9.16. The number of benzene rings is 1. The standard InChI is InChI=1S/C15H19N3O/c1-18-13(6-7-17-18)14(19)15(10-16)8-11-4-2-3-5-12(11)9-15/h2-7,14,19H,8-10,16H2,1H3. The second-order valence-corrected chi connectivity index (χ2v) is 5.47. The highest BCUT2D eigenvalue weighted by Crippen LogP contribution is 2.44. The van der Waals surface area contributed by atoms with Crippen LogP contribution in [0.25, 0.3) is 0 Å². The molecule has 0 radical (unpaired) electrons. The lowest BCUT2D eigenvalue weighted by Gasteiger charge is -2.33. The van der Waals surface area contributed by atoms with Crippen LogP contribution in [0.3, 0.4) is 0 Å². The molecule has 0 fully saturated rings. The van der Waals surface area contributed by atoms with Crippen molar-refractivity contribution < 1.29 is 5.11 Å². The smallest absolute Gasteiger partial charge is 0.103 e. The van der Waals surface area contributed by atoms with Gasteiger partial charge in [0.15, 0.2) is 0 Å². The fourth-order valence-corrected chi connectivity index (χ4v) is 3.14. The zero-order valence-electron chi connectivity index (χ0n) is 11.1. The number of hydrogen-bond acceptors (Lipinski definition) is 3. The van der Waals surface area contributed by atoms with Gasteiger partial charge in [-0.1, -0.05) is 24.3 Å². The highest BCUT2D eigenvalue weighted by atomic mass is 16.3. The van der Waals surface area contributed by atoms with E-state index in [0.29, 0.717) is 6.54 Å². The minimum Gasteiger partial charge on any atom is -0.386 e. The van der Waals surface area contributed by atoms with Crippen LogP contribution in [0.2, 0.25) is 0 Å². The molecule has 1 aromatic heterocycles. The van der Waals surface area contributed by atoms with E-state index in [1.165, 1.54) is 11.1 Å². The Morgan fingerprint density at radius 3 is 2.42 bits per heavy atom. The summed E-state index contributed by atoms with van der Waals surface area (Å²) >= 11 is 0. The zero-order chi connectivity index (χ0) is 13.5. The van der Waals surface area contributed by atoms with Gasteiger partial charge in [-0.25, -0.2) is 0 Å². The fourth-order valence-electron chi connectivity index (χ4n) is 3.14. The maximum atomic E-state index is 10.8. The van der Waals surface area contributed by atoms with Crippen molar-refractivity contribution in [3.05, 3.63) is 53.3 Å². The minimum atomic E-state index is -0.586. The SMILES string of the molecule is Cn1nccc1C(O)C1(CN)Cc2ccccc2C1. The Balaban J connectivity index is 1.97. The number of aliphatic hydroxyl groups excluding tert-OH is 1. The van der Waals surface area contributed by atoms with Crippen LogP contribution in [0.15, 0.2) is 36.5 Å². The maximum Gasteiger partial charge on any atom is 0.103 e. The summed E-state index contributed by atoms with van der Waals surface area (Å²) in [7, 11) is 1.85. The zero-order valence-corrected chi connectivity index (χ0v) is 11.1. The van der Waals surface area contributed by atoms with E-state index in [2.05, 4.69) is 17.2 Å². The molecule has 0 amide bonds. The first kappa shape index (κ1) is 12.4. The van der Waals surface area contributed by atoms with Crippen LogP contribution in [0, 0.1) is 5.41 Å². The van der Waals surface area contributed by atoms with Gasteiger partial charge in [-0.15, -0.1) is 0 Å².